The first-order valence-electron chi connectivity index (χ1n) is 9.09. The average molecular weight is 499 g/mol. The lowest BCUT2D eigenvalue weighted by Gasteiger charge is -2.13. The second-order valence-corrected chi connectivity index (χ2v) is 6.18. The van der Waals surface area contributed by atoms with Crippen molar-refractivity contribution in [2.75, 3.05) is 27.3 Å². The summed E-state index contributed by atoms with van der Waals surface area (Å²) >= 11 is 0. The van der Waals surface area contributed by atoms with E-state index in [0.29, 0.717) is 25.3 Å². The first-order valence-corrected chi connectivity index (χ1v) is 9.09. The molecule has 2 aromatic carbocycles. The number of guanidine groups is 1. The number of nitrogens with zero attached hydrogens (tertiary/aromatic N) is 1. The Labute approximate surface area is 184 Å². The van der Waals surface area contributed by atoms with E-state index in [1.165, 1.54) is 0 Å². The summed E-state index contributed by atoms with van der Waals surface area (Å²) in [4.78, 5) is 4.63. The van der Waals surface area contributed by atoms with Gasteiger partial charge in [-0.05, 0) is 43.5 Å². The molecule has 154 valence electrons. The number of halogens is 1. The highest BCUT2D eigenvalue weighted by Gasteiger charge is 2.06. The summed E-state index contributed by atoms with van der Waals surface area (Å²) in [5, 5.41) is 16.6. The summed E-state index contributed by atoms with van der Waals surface area (Å²) < 4.78 is 10.6. The first-order chi connectivity index (χ1) is 13.1. The minimum atomic E-state index is 0. The molecule has 0 bridgehead atoms. The maximum absolute atomic E-state index is 10.1. The number of methoxy groups -OCH3 is 2. The lowest BCUT2D eigenvalue weighted by molar-refractivity contribution is 0.406. The number of aryl methyl sites for hydroxylation is 1. The van der Waals surface area contributed by atoms with Crippen LogP contribution < -0.4 is 20.1 Å². The molecule has 0 fully saturated rings. The van der Waals surface area contributed by atoms with E-state index in [4.69, 9.17) is 9.47 Å². The number of phenols is 1. The van der Waals surface area contributed by atoms with Crippen LogP contribution in [0.5, 0.6) is 17.2 Å². The number of aliphatic imine (C=N–C) groups is 1. The third-order valence-corrected chi connectivity index (χ3v) is 4.17. The van der Waals surface area contributed by atoms with Crippen molar-refractivity contribution in [3.05, 3.63) is 53.1 Å². The topological polar surface area (TPSA) is 75.1 Å². The molecule has 0 saturated heterocycles. The smallest absolute Gasteiger partial charge is 0.191 e. The van der Waals surface area contributed by atoms with Crippen LogP contribution in [0, 0.1) is 6.92 Å². The van der Waals surface area contributed by atoms with Gasteiger partial charge in [0.1, 0.15) is 17.2 Å². The van der Waals surface area contributed by atoms with Crippen LogP contribution in [0.1, 0.15) is 23.6 Å². The minimum Gasteiger partial charge on any atom is -0.508 e. The Hall–Kier alpha value is -2.16. The molecule has 3 N–H and O–H groups in total. The van der Waals surface area contributed by atoms with Gasteiger partial charge in [0.25, 0.3) is 0 Å². The van der Waals surface area contributed by atoms with Gasteiger partial charge in [0.15, 0.2) is 5.96 Å². The zero-order valence-electron chi connectivity index (χ0n) is 16.9. The molecule has 0 amide bonds. The van der Waals surface area contributed by atoms with Crippen LogP contribution in [-0.4, -0.2) is 38.4 Å². The fraction of sp³-hybridized carbons (Fsp3) is 0.381. The van der Waals surface area contributed by atoms with E-state index >= 15 is 0 Å². The van der Waals surface area contributed by atoms with Crippen molar-refractivity contribution in [1.82, 2.24) is 10.6 Å². The van der Waals surface area contributed by atoms with Crippen molar-refractivity contribution in [1.29, 1.82) is 0 Å². The number of rotatable bonds is 8. The molecule has 7 heteroatoms. The SMILES string of the molecule is CCNC(=NCc1ccc(C)cc1OC)NCCc1ccc(OC)cc1O.I. The predicted molar refractivity (Wildman–Crippen MR) is 124 cm³/mol. The maximum Gasteiger partial charge on any atom is 0.191 e. The molecule has 0 aliphatic heterocycles. The van der Waals surface area contributed by atoms with Crippen molar-refractivity contribution in [3.63, 3.8) is 0 Å². The Kier molecular flexibility index (Phi) is 10.5. The highest BCUT2D eigenvalue weighted by atomic mass is 127. The normalized spacial score (nSPS) is 10.8. The third-order valence-electron chi connectivity index (χ3n) is 4.17. The number of aromatic hydroxyl groups is 1. The zero-order chi connectivity index (χ0) is 19.6. The Bertz CT molecular complexity index is 781. The molecule has 0 aliphatic rings. The molecule has 0 unspecified atom stereocenters. The van der Waals surface area contributed by atoms with E-state index in [2.05, 4.69) is 21.7 Å². The van der Waals surface area contributed by atoms with Gasteiger partial charge in [0.2, 0.25) is 0 Å². The first kappa shape index (κ1) is 23.9. The Morgan fingerprint density at radius 2 is 1.79 bits per heavy atom. The summed E-state index contributed by atoms with van der Waals surface area (Å²) in [6, 6.07) is 11.4. The standard InChI is InChI=1S/C21H29N3O3.HI/c1-5-22-21(24-14-17-7-6-15(2)12-20(17)27-4)23-11-10-16-8-9-18(26-3)13-19(16)25;/h6-9,12-13,25H,5,10-11,14H2,1-4H3,(H2,22,23,24);1H. The van der Waals surface area contributed by atoms with Crippen molar-refractivity contribution in [2.24, 2.45) is 4.99 Å². The van der Waals surface area contributed by atoms with Gasteiger partial charge in [-0.25, -0.2) is 4.99 Å². The lowest BCUT2D eigenvalue weighted by Crippen LogP contribution is -2.38. The van der Waals surface area contributed by atoms with Gasteiger partial charge in [-0.1, -0.05) is 18.2 Å². The summed E-state index contributed by atoms with van der Waals surface area (Å²) in [5.74, 6) is 2.46. The second-order valence-electron chi connectivity index (χ2n) is 6.18. The molecule has 2 aromatic rings. The summed E-state index contributed by atoms with van der Waals surface area (Å²) in [6.07, 6.45) is 0.675. The fourth-order valence-electron chi connectivity index (χ4n) is 2.69. The van der Waals surface area contributed by atoms with Crippen LogP contribution in [0.25, 0.3) is 0 Å². The summed E-state index contributed by atoms with van der Waals surface area (Å²) in [7, 11) is 3.25. The average Bonchev–Trinajstić information content (AvgIpc) is 2.67. The number of benzene rings is 2. The van der Waals surface area contributed by atoms with Crippen LogP contribution in [-0.2, 0) is 13.0 Å². The lowest BCUT2D eigenvalue weighted by atomic mass is 10.1. The predicted octanol–water partition coefficient (Wildman–Crippen LogP) is 3.63. The van der Waals surface area contributed by atoms with Gasteiger partial charge in [-0.2, -0.15) is 0 Å². The third kappa shape index (κ3) is 7.10. The Morgan fingerprint density at radius 1 is 1.04 bits per heavy atom. The number of nitrogens with one attached hydrogen (secondary N) is 2. The Balaban J connectivity index is 0.00000392. The van der Waals surface area contributed by atoms with E-state index in [9.17, 15) is 5.11 Å². The maximum atomic E-state index is 10.1. The number of phenolic OH excluding ortho intramolecular Hbond substituents is 1. The molecule has 0 aromatic heterocycles. The van der Waals surface area contributed by atoms with Crippen LogP contribution in [0.4, 0.5) is 0 Å². The molecule has 0 aliphatic carbocycles. The fourth-order valence-corrected chi connectivity index (χ4v) is 2.69. The van der Waals surface area contributed by atoms with Gasteiger partial charge in [0.05, 0.1) is 20.8 Å². The molecule has 0 saturated carbocycles. The highest BCUT2D eigenvalue weighted by Crippen LogP contribution is 2.23. The molecule has 0 heterocycles. The Morgan fingerprint density at radius 3 is 2.43 bits per heavy atom. The molecule has 0 atom stereocenters. The quantitative estimate of drug-likeness (QED) is 0.294. The highest BCUT2D eigenvalue weighted by molar-refractivity contribution is 14.0. The van der Waals surface area contributed by atoms with Crippen LogP contribution in [0.3, 0.4) is 0 Å². The molecular formula is C21H30IN3O3. The molecule has 0 radical (unpaired) electrons. The summed E-state index contributed by atoms with van der Waals surface area (Å²) in [6.45, 7) is 6.00. The number of hydrogen-bond donors (Lipinski definition) is 3. The van der Waals surface area contributed by atoms with Crippen molar-refractivity contribution in [2.45, 2.75) is 26.8 Å². The van der Waals surface area contributed by atoms with E-state index in [1.54, 1.807) is 20.3 Å². The van der Waals surface area contributed by atoms with Gasteiger partial charge in [-0.15, -0.1) is 24.0 Å². The van der Waals surface area contributed by atoms with E-state index < -0.39 is 0 Å². The van der Waals surface area contributed by atoms with Gasteiger partial charge >= 0.3 is 0 Å². The van der Waals surface area contributed by atoms with E-state index in [0.717, 1.165) is 34.9 Å². The zero-order valence-corrected chi connectivity index (χ0v) is 19.2. The van der Waals surface area contributed by atoms with Crippen molar-refractivity contribution in [3.8, 4) is 17.2 Å². The van der Waals surface area contributed by atoms with Gasteiger partial charge < -0.3 is 25.2 Å². The molecule has 2 rings (SSSR count). The monoisotopic (exact) mass is 499 g/mol. The molecule has 28 heavy (non-hydrogen) atoms. The van der Waals surface area contributed by atoms with Gasteiger partial charge in [-0.3, -0.25) is 0 Å². The molecule has 6 nitrogen and oxygen atoms in total. The molecule has 0 spiro atoms. The van der Waals surface area contributed by atoms with Gasteiger partial charge in [0, 0.05) is 24.7 Å². The van der Waals surface area contributed by atoms with Crippen molar-refractivity contribution < 1.29 is 14.6 Å². The van der Waals surface area contributed by atoms with Crippen LogP contribution in [0.2, 0.25) is 0 Å². The van der Waals surface area contributed by atoms with E-state index in [1.807, 2.05) is 38.1 Å². The number of ether oxygens (including phenoxy) is 2. The minimum absolute atomic E-state index is 0. The van der Waals surface area contributed by atoms with E-state index in [-0.39, 0.29) is 29.7 Å². The largest absolute Gasteiger partial charge is 0.508 e. The van der Waals surface area contributed by atoms with Crippen molar-refractivity contribution >= 4 is 29.9 Å². The summed E-state index contributed by atoms with van der Waals surface area (Å²) in [5.41, 5.74) is 3.05. The number of hydrogen-bond acceptors (Lipinski definition) is 4. The van der Waals surface area contributed by atoms with Crippen LogP contribution in [0.15, 0.2) is 41.4 Å². The van der Waals surface area contributed by atoms with Crippen LogP contribution >= 0.6 is 24.0 Å². The molecular weight excluding hydrogens is 469 g/mol. The second kappa shape index (κ2) is 12.3.